The molecule has 4 nitrogen and oxygen atoms in total. The fourth-order valence-corrected chi connectivity index (χ4v) is 3.43. The van der Waals surface area contributed by atoms with E-state index in [4.69, 9.17) is 11.6 Å². The Hall–Kier alpha value is -2.33. The molecule has 0 radical (unpaired) electrons. The minimum Gasteiger partial charge on any atom is -0.388 e. The minimum absolute atomic E-state index is 0.113. The summed E-state index contributed by atoms with van der Waals surface area (Å²) in [6.07, 6.45) is 6.54. The molecular formula is C20H22ClN3O. The smallest absolute Gasteiger partial charge is 0.244 e. The average molecular weight is 356 g/mol. The molecule has 0 unspecified atom stereocenters. The van der Waals surface area contributed by atoms with Crippen LogP contribution in [0.2, 0.25) is 5.02 Å². The van der Waals surface area contributed by atoms with E-state index in [9.17, 15) is 4.79 Å². The Morgan fingerprint density at radius 3 is 2.88 bits per heavy atom. The molecule has 0 fully saturated rings. The first kappa shape index (κ1) is 17.5. The standard InChI is InChI=1S/C20H22ClN3O/c1-22-17-10-9-16(19(21)12-17)13-23-24-20(25)11-15-7-4-6-14-5-2-3-8-18(14)15/h4,6-7,9-10,12-13,22H,2-3,5,8,11H2,1H3,(H,24,25)/b23-13+. The first-order chi connectivity index (χ1) is 12.2. The zero-order valence-corrected chi connectivity index (χ0v) is 15.1. The molecule has 25 heavy (non-hydrogen) atoms. The van der Waals surface area contributed by atoms with Gasteiger partial charge in [-0.2, -0.15) is 5.10 Å². The van der Waals surface area contributed by atoms with E-state index >= 15 is 0 Å². The number of benzene rings is 2. The van der Waals surface area contributed by atoms with Gasteiger partial charge in [-0.1, -0.05) is 29.8 Å². The van der Waals surface area contributed by atoms with Gasteiger partial charge in [-0.15, -0.1) is 0 Å². The Balaban J connectivity index is 1.62. The SMILES string of the molecule is CNc1ccc(/C=N/NC(=O)Cc2cccc3c2CCCC3)c(Cl)c1. The van der Waals surface area contributed by atoms with Gasteiger partial charge in [0.1, 0.15) is 0 Å². The molecule has 2 aromatic rings. The Morgan fingerprint density at radius 1 is 1.24 bits per heavy atom. The van der Waals surface area contributed by atoms with Crippen molar-refractivity contribution in [1.29, 1.82) is 0 Å². The zero-order valence-electron chi connectivity index (χ0n) is 14.3. The molecule has 0 saturated carbocycles. The van der Waals surface area contributed by atoms with Crippen LogP contribution in [0, 0.1) is 0 Å². The Bertz CT molecular complexity index is 802. The molecular weight excluding hydrogens is 334 g/mol. The molecule has 130 valence electrons. The van der Waals surface area contributed by atoms with E-state index in [0.29, 0.717) is 11.4 Å². The van der Waals surface area contributed by atoms with Crippen LogP contribution in [0.1, 0.15) is 35.1 Å². The summed E-state index contributed by atoms with van der Waals surface area (Å²) in [6, 6.07) is 11.8. The number of halogens is 1. The maximum Gasteiger partial charge on any atom is 0.244 e. The molecule has 1 amide bonds. The van der Waals surface area contributed by atoms with Crippen molar-refractivity contribution in [1.82, 2.24) is 5.43 Å². The third-order valence-electron chi connectivity index (χ3n) is 4.53. The zero-order chi connectivity index (χ0) is 17.6. The molecule has 2 N–H and O–H groups in total. The molecule has 2 aromatic carbocycles. The van der Waals surface area contributed by atoms with Gasteiger partial charge in [0.2, 0.25) is 5.91 Å². The fourth-order valence-electron chi connectivity index (χ4n) is 3.20. The number of rotatable bonds is 5. The molecule has 0 atom stereocenters. The van der Waals surface area contributed by atoms with Gasteiger partial charge in [0, 0.05) is 18.3 Å². The maximum atomic E-state index is 12.2. The number of amides is 1. The lowest BCUT2D eigenvalue weighted by Gasteiger charge is -2.18. The number of hydrogen-bond acceptors (Lipinski definition) is 3. The quantitative estimate of drug-likeness (QED) is 0.630. The third kappa shape index (κ3) is 4.40. The fraction of sp³-hybridized carbons (Fsp3) is 0.300. The van der Waals surface area contributed by atoms with E-state index in [-0.39, 0.29) is 5.91 Å². The minimum atomic E-state index is -0.113. The highest BCUT2D eigenvalue weighted by Crippen LogP contribution is 2.24. The van der Waals surface area contributed by atoms with Crippen LogP contribution < -0.4 is 10.7 Å². The summed E-state index contributed by atoms with van der Waals surface area (Å²) < 4.78 is 0. The summed E-state index contributed by atoms with van der Waals surface area (Å²) in [5.74, 6) is -0.113. The van der Waals surface area contributed by atoms with Crippen molar-refractivity contribution >= 4 is 29.4 Å². The Kier molecular flexibility index (Phi) is 5.71. The number of nitrogens with one attached hydrogen (secondary N) is 2. The van der Waals surface area contributed by atoms with Gasteiger partial charge >= 0.3 is 0 Å². The van der Waals surface area contributed by atoms with E-state index in [1.165, 1.54) is 24.0 Å². The summed E-state index contributed by atoms with van der Waals surface area (Å²) in [6.45, 7) is 0. The highest BCUT2D eigenvalue weighted by atomic mass is 35.5. The number of fused-ring (bicyclic) bond motifs is 1. The van der Waals surface area contributed by atoms with Crippen molar-refractivity contribution in [2.75, 3.05) is 12.4 Å². The second-order valence-electron chi connectivity index (χ2n) is 6.22. The van der Waals surface area contributed by atoms with Crippen molar-refractivity contribution in [3.8, 4) is 0 Å². The van der Waals surface area contributed by atoms with E-state index in [1.54, 1.807) is 6.21 Å². The summed E-state index contributed by atoms with van der Waals surface area (Å²) in [5.41, 5.74) is 8.14. The molecule has 1 aliphatic carbocycles. The predicted molar refractivity (Wildman–Crippen MR) is 104 cm³/mol. The van der Waals surface area contributed by atoms with E-state index in [2.05, 4.69) is 21.9 Å². The first-order valence-electron chi connectivity index (χ1n) is 8.56. The van der Waals surface area contributed by atoms with Crippen LogP contribution >= 0.6 is 11.6 Å². The normalized spacial score (nSPS) is 13.5. The molecule has 3 rings (SSSR count). The highest BCUT2D eigenvalue weighted by Gasteiger charge is 2.14. The van der Waals surface area contributed by atoms with Crippen LogP contribution in [0.5, 0.6) is 0 Å². The van der Waals surface area contributed by atoms with Gasteiger partial charge < -0.3 is 5.32 Å². The monoisotopic (exact) mass is 355 g/mol. The second-order valence-corrected chi connectivity index (χ2v) is 6.63. The van der Waals surface area contributed by atoms with Gasteiger partial charge in [0.05, 0.1) is 17.7 Å². The summed E-state index contributed by atoms with van der Waals surface area (Å²) in [5, 5.41) is 7.64. The summed E-state index contributed by atoms with van der Waals surface area (Å²) >= 11 is 6.19. The Morgan fingerprint density at radius 2 is 2.08 bits per heavy atom. The molecule has 0 saturated heterocycles. The predicted octanol–water partition coefficient (Wildman–Crippen LogP) is 3.95. The van der Waals surface area contributed by atoms with Crippen molar-refractivity contribution < 1.29 is 4.79 Å². The van der Waals surface area contributed by atoms with Crippen molar-refractivity contribution in [2.24, 2.45) is 5.10 Å². The topological polar surface area (TPSA) is 53.5 Å². The summed E-state index contributed by atoms with van der Waals surface area (Å²) in [4.78, 5) is 12.2. The molecule has 1 aliphatic rings. The van der Waals surface area contributed by atoms with E-state index in [1.807, 2.05) is 37.4 Å². The van der Waals surface area contributed by atoms with Gasteiger partial charge in [-0.05, 0) is 60.6 Å². The Labute approximate surface area is 153 Å². The van der Waals surface area contributed by atoms with Crippen LogP contribution in [0.3, 0.4) is 0 Å². The van der Waals surface area contributed by atoms with Crippen molar-refractivity contribution in [3.63, 3.8) is 0 Å². The molecule has 0 aromatic heterocycles. The van der Waals surface area contributed by atoms with E-state index in [0.717, 1.165) is 29.7 Å². The molecule has 0 aliphatic heterocycles. The van der Waals surface area contributed by atoms with Crippen LogP contribution in [0.15, 0.2) is 41.5 Å². The van der Waals surface area contributed by atoms with Gasteiger partial charge in [-0.3, -0.25) is 4.79 Å². The lowest BCUT2D eigenvalue weighted by molar-refractivity contribution is -0.120. The van der Waals surface area contributed by atoms with Crippen molar-refractivity contribution in [2.45, 2.75) is 32.1 Å². The van der Waals surface area contributed by atoms with Crippen LogP contribution in [0.4, 0.5) is 5.69 Å². The number of hydrazone groups is 1. The molecule has 5 heteroatoms. The third-order valence-corrected chi connectivity index (χ3v) is 4.85. The van der Waals surface area contributed by atoms with Gasteiger partial charge in [0.15, 0.2) is 0 Å². The lowest BCUT2D eigenvalue weighted by atomic mass is 9.87. The largest absolute Gasteiger partial charge is 0.388 e. The van der Waals surface area contributed by atoms with Crippen LogP contribution in [-0.4, -0.2) is 19.2 Å². The van der Waals surface area contributed by atoms with Crippen molar-refractivity contribution in [3.05, 3.63) is 63.7 Å². The van der Waals surface area contributed by atoms with Gasteiger partial charge in [0.25, 0.3) is 0 Å². The number of hydrogen-bond donors (Lipinski definition) is 2. The summed E-state index contributed by atoms with van der Waals surface area (Å²) in [7, 11) is 1.84. The first-order valence-corrected chi connectivity index (χ1v) is 8.94. The number of nitrogens with zero attached hydrogens (tertiary/aromatic N) is 1. The second kappa shape index (κ2) is 8.17. The average Bonchev–Trinajstić information content (AvgIpc) is 2.63. The molecule has 0 spiro atoms. The van der Waals surface area contributed by atoms with E-state index < -0.39 is 0 Å². The molecule has 0 heterocycles. The van der Waals surface area contributed by atoms with Crippen LogP contribution in [0.25, 0.3) is 0 Å². The van der Waals surface area contributed by atoms with Crippen LogP contribution in [-0.2, 0) is 24.1 Å². The number of anilines is 1. The molecule has 0 bridgehead atoms. The lowest BCUT2D eigenvalue weighted by Crippen LogP contribution is -2.21. The van der Waals surface area contributed by atoms with Gasteiger partial charge in [-0.25, -0.2) is 5.43 Å². The number of aryl methyl sites for hydroxylation is 1. The maximum absolute atomic E-state index is 12.2. The number of carbonyl (C=O) groups excluding carboxylic acids is 1. The number of carbonyl (C=O) groups is 1. The highest BCUT2D eigenvalue weighted by molar-refractivity contribution is 6.33.